The number of imidazole rings is 1. The van der Waals surface area contributed by atoms with Gasteiger partial charge >= 0.3 is 0 Å². The summed E-state index contributed by atoms with van der Waals surface area (Å²) in [6.07, 6.45) is 0. The standard InChI is InChI=1S/C13H11BrN2.S48/c1-8-7-10-5-3-4-6-11(10)13-15-12(14)9(2)16(8)13;1-3-5-7-9-11-13-15-17-19-21-23-25-27-29-31-33-35-37-39-41-43-45-47-48-46-44-42-40-38-36-34-32-30-28-26-24-22-20-18-16-14-12-10-8-6-4-2/h3-7H,1-2H3;. The van der Waals surface area contributed by atoms with Crippen molar-refractivity contribution in [3.05, 3.63) is 46.3 Å². The molecule has 2 nitrogen and oxygen atoms in total. The Morgan fingerprint density at radius 1 is 0.375 bits per heavy atom. The summed E-state index contributed by atoms with van der Waals surface area (Å²) in [7, 11) is 82.0. The lowest BCUT2D eigenvalue weighted by Crippen LogP contribution is -1.94. The van der Waals surface area contributed by atoms with Crippen molar-refractivity contribution in [3.63, 3.8) is 0 Å². The van der Waals surface area contributed by atoms with E-state index in [0.29, 0.717) is 0 Å². The van der Waals surface area contributed by atoms with Gasteiger partial charge < -0.3 is 0 Å². The number of fused-ring (bicyclic) bond motifs is 3. The summed E-state index contributed by atoms with van der Waals surface area (Å²) in [5.41, 5.74) is 3.39. The number of rotatable bonds is 0. The number of benzene rings is 1. The van der Waals surface area contributed by atoms with Gasteiger partial charge in [0.2, 0.25) is 0 Å². The molecule has 0 N–H and O–H groups in total. The van der Waals surface area contributed by atoms with Crippen LogP contribution in [0.3, 0.4) is 0 Å². The highest BCUT2D eigenvalue weighted by Gasteiger charge is 2.10. The van der Waals surface area contributed by atoms with Gasteiger partial charge in [0, 0.05) is 442 Å². The van der Waals surface area contributed by atoms with Gasteiger partial charge in [0.05, 0.1) is 5.69 Å². The van der Waals surface area contributed by atoms with E-state index in [1.807, 2.05) is 284 Å². The molecule has 2 aromatic heterocycles. The van der Waals surface area contributed by atoms with E-state index in [1.165, 1.54) is 34.2 Å². The van der Waals surface area contributed by atoms with Gasteiger partial charge in [0.1, 0.15) is 10.3 Å². The highest BCUT2D eigenvalue weighted by Crippen LogP contribution is 2.26. The maximum atomic E-state index is 4.81. The second-order valence-corrected chi connectivity index (χ2v) is 89.3. The summed E-state index contributed by atoms with van der Waals surface area (Å²) in [6.45, 7) is 4.19. The van der Waals surface area contributed by atoms with Crippen LogP contribution in [0.1, 0.15) is 11.4 Å². The molecule has 0 unspecified atom stereocenters. The summed E-state index contributed by atoms with van der Waals surface area (Å²) < 4.78 is 3.11. The minimum absolute atomic E-state index is 0.923. The molecule has 0 saturated heterocycles. The number of nitrogens with zero attached hydrogens (tertiary/aromatic N) is 2. The fourth-order valence-electron chi connectivity index (χ4n) is 2.70. The molecular weight excluding hydrogens is 1800 g/mol. The van der Waals surface area contributed by atoms with E-state index >= 15 is 0 Å². The van der Waals surface area contributed by atoms with Gasteiger partial charge in [-0.15, -0.1) is 0 Å². The maximum absolute atomic E-state index is 4.81. The lowest BCUT2D eigenvalue weighted by atomic mass is 10.1. The summed E-state index contributed by atoms with van der Waals surface area (Å²) >= 11 is 13.1. The fourth-order valence-corrected chi connectivity index (χ4v) is 124. The van der Waals surface area contributed by atoms with Gasteiger partial charge in [-0.3, -0.25) is 4.40 Å². The molecule has 51 heteroatoms. The van der Waals surface area contributed by atoms with Crippen molar-refractivity contribution in [1.29, 1.82) is 0 Å². The number of pyridine rings is 1. The average molecular weight is 1810 g/mol. The van der Waals surface area contributed by atoms with Crippen LogP contribution in [0.4, 0.5) is 0 Å². The summed E-state index contributed by atoms with van der Waals surface area (Å²) in [6, 6.07) is 10.5. The van der Waals surface area contributed by atoms with Gasteiger partial charge in [0.25, 0.3) is 0 Å². The van der Waals surface area contributed by atoms with E-state index in [9.17, 15) is 0 Å². The lowest BCUT2D eigenvalue weighted by Gasteiger charge is -2.05. The highest BCUT2D eigenvalue weighted by atomic mass is 79.9. The van der Waals surface area contributed by atoms with Crippen LogP contribution < -0.4 is 0 Å². The van der Waals surface area contributed by atoms with Crippen LogP contribution in [-0.2, 0) is 431 Å². The Hall–Kier alpha value is 9.21. The van der Waals surface area contributed by atoms with Gasteiger partial charge in [-0.05, 0) is 41.2 Å². The Bertz CT molecular complexity index is 4210. The minimum Gasteiger partial charge on any atom is -0.300 e. The van der Waals surface area contributed by atoms with Crippen molar-refractivity contribution in [2.24, 2.45) is 0 Å². The summed E-state index contributed by atoms with van der Waals surface area (Å²) in [5.74, 6) is 0. The predicted molar refractivity (Wildman–Crippen MR) is 423 cm³/mol. The number of hydrogen-bond donors (Lipinski definition) is 0. The van der Waals surface area contributed by atoms with Gasteiger partial charge in [-0.1, -0.05) is 24.3 Å². The number of aromatic nitrogens is 2. The molecule has 3 aromatic rings. The minimum atomic E-state index is 0.923. The van der Waals surface area contributed by atoms with E-state index in [0.717, 1.165) is 15.9 Å². The normalized spacial score (nSPS) is 8.67. The zero-order valence-electron chi connectivity index (χ0n) is 28.8. The Balaban J connectivity index is 0.000000718. The Morgan fingerprint density at radius 3 is 0.859 bits per heavy atom. The van der Waals surface area contributed by atoms with Crippen LogP contribution in [0, 0.1) is 13.8 Å². The topological polar surface area (TPSA) is 17.3 Å². The molecule has 0 radical (unpaired) electrons. The molecule has 0 saturated carbocycles. The monoisotopic (exact) mass is 1810 g/mol. The van der Waals surface area contributed by atoms with E-state index in [4.69, 9.17) is 22.4 Å². The highest BCUT2D eigenvalue weighted by molar-refractivity contribution is 9.10. The molecular formula is C13H11BrN2S48. The van der Waals surface area contributed by atoms with Crippen molar-refractivity contribution in [2.75, 3.05) is 0 Å². The Kier molecular flexibility index (Phi) is 58.7. The Labute approximate surface area is 518 Å². The van der Waals surface area contributed by atoms with Crippen LogP contribution in [-0.4, -0.2) is 9.38 Å². The smallest absolute Gasteiger partial charge is 0.146 e. The van der Waals surface area contributed by atoms with Crippen LogP contribution in [0.5, 0.6) is 0 Å². The molecule has 0 aliphatic heterocycles. The quantitative estimate of drug-likeness (QED) is 0.342. The first kappa shape index (κ1) is 69.3. The molecule has 0 fully saturated rings. The first-order valence-electron chi connectivity index (χ1n) is 13.0. The van der Waals surface area contributed by atoms with E-state index in [2.05, 4.69) is 69.5 Å². The molecule has 64 heavy (non-hydrogen) atoms. The fraction of sp³-hybridized carbons (Fsp3) is 0.154. The van der Waals surface area contributed by atoms with Gasteiger partial charge in [-0.2, -0.15) is 0 Å². The number of hydrogen-bond acceptors (Lipinski definition) is 3. The SMILES string of the molecule is Cc1cc2ccccc2c2nc(Br)c(C)n12.S=S=S=S=S=S=S=S=S=S=S=S=S=S=S=S=S=S=S=S=S=S=S=S=S=S=S=S=S=S=S=S=S=S=S=S=S=S=S=S=S=S=S=S=S=S=S=S. The molecule has 0 aliphatic carbocycles. The molecule has 0 aliphatic rings. The predicted octanol–water partition coefficient (Wildman–Crippen LogP) is 3.75. The zero-order valence-corrected chi connectivity index (χ0v) is 69.5. The molecule has 2 heterocycles. The van der Waals surface area contributed by atoms with E-state index in [1.54, 1.807) is 107 Å². The van der Waals surface area contributed by atoms with Crippen molar-refractivity contribution in [2.45, 2.75) is 13.8 Å². The lowest BCUT2D eigenvalue weighted by molar-refractivity contribution is 1.04. The molecule has 0 bridgehead atoms. The van der Waals surface area contributed by atoms with Crippen molar-refractivity contribution in [1.82, 2.24) is 9.38 Å². The molecule has 0 atom stereocenters. The van der Waals surface area contributed by atoms with Crippen molar-refractivity contribution < 1.29 is 0 Å². The van der Waals surface area contributed by atoms with E-state index in [-0.39, 0.29) is 0 Å². The third-order valence-electron chi connectivity index (χ3n) is 4.22. The van der Waals surface area contributed by atoms with Crippen LogP contribution in [0.25, 0.3) is 16.4 Å². The number of halogens is 1. The second-order valence-electron chi connectivity index (χ2n) is 7.15. The van der Waals surface area contributed by atoms with Gasteiger partial charge in [0.15, 0.2) is 0 Å². The van der Waals surface area contributed by atoms with Gasteiger partial charge in [-0.25, -0.2) is 4.98 Å². The summed E-state index contributed by atoms with van der Waals surface area (Å²) in [4.78, 5) is 4.58. The van der Waals surface area contributed by atoms with E-state index < -0.39 is 0 Å². The van der Waals surface area contributed by atoms with Crippen molar-refractivity contribution in [3.8, 4) is 0 Å². The number of aryl methyl sites for hydroxylation is 2. The molecule has 1 aromatic carbocycles. The third kappa shape index (κ3) is 40.4. The third-order valence-corrected chi connectivity index (χ3v) is 105. The van der Waals surface area contributed by atoms with Crippen LogP contribution in [0.2, 0.25) is 0 Å². The zero-order chi connectivity index (χ0) is 45.8. The second kappa shape index (κ2) is 54.2. The molecule has 368 valence electrons. The average Bonchev–Trinajstić information content (AvgIpc) is 3.61. The maximum Gasteiger partial charge on any atom is 0.146 e. The largest absolute Gasteiger partial charge is 0.300 e. The first-order chi connectivity index (χ1) is 31.6. The van der Waals surface area contributed by atoms with Crippen LogP contribution >= 0.6 is 15.9 Å². The molecule has 3 rings (SSSR count). The summed E-state index contributed by atoms with van der Waals surface area (Å²) in [5, 5.41) is 2.44. The molecule has 0 spiro atoms. The van der Waals surface area contributed by atoms with Crippen molar-refractivity contribution >= 4 is 463 Å². The molecule has 0 amide bonds. The first-order valence-corrected chi connectivity index (χ1v) is 76.5. The van der Waals surface area contributed by atoms with Crippen LogP contribution in [0.15, 0.2) is 34.9 Å². The Morgan fingerprint density at radius 2 is 0.609 bits per heavy atom.